The smallest absolute Gasteiger partial charge is 0.434 e. The molecule has 0 fully saturated rings. The lowest BCUT2D eigenvalue weighted by atomic mass is 10.2. The van der Waals surface area contributed by atoms with Crippen LogP contribution in [0.4, 0.5) is 13.2 Å². The van der Waals surface area contributed by atoms with Gasteiger partial charge in [0, 0.05) is 6.20 Å². The Morgan fingerprint density at radius 2 is 2.20 bits per heavy atom. The zero-order valence-corrected chi connectivity index (χ0v) is 10.3. The minimum atomic E-state index is -4.79. The number of carbonyl (C=O) groups is 1. The van der Waals surface area contributed by atoms with Crippen molar-refractivity contribution in [1.82, 2.24) is 9.97 Å². The zero-order chi connectivity index (χ0) is 14.8. The van der Waals surface area contributed by atoms with Gasteiger partial charge in [0.05, 0.1) is 18.4 Å². The molecule has 0 saturated carbocycles. The summed E-state index contributed by atoms with van der Waals surface area (Å²) >= 11 is 0. The molecule has 0 aliphatic carbocycles. The van der Waals surface area contributed by atoms with Crippen molar-refractivity contribution < 1.29 is 27.1 Å². The predicted molar refractivity (Wildman–Crippen MR) is 60.7 cm³/mol. The molecule has 0 bridgehead atoms. The fourth-order valence-electron chi connectivity index (χ4n) is 1.49. The number of halogens is 3. The van der Waals surface area contributed by atoms with Gasteiger partial charge in [-0.2, -0.15) is 13.2 Å². The van der Waals surface area contributed by atoms with Gasteiger partial charge in [-0.15, -0.1) is 0 Å². The van der Waals surface area contributed by atoms with Gasteiger partial charge in [-0.1, -0.05) is 0 Å². The number of aromatic nitrogens is 2. The maximum atomic E-state index is 12.9. The minimum absolute atomic E-state index is 0.0421. The molecule has 0 radical (unpaired) electrons. The first-order chi connectivity index (χ1) is 9.43. The van der Waals surface area contributed by atoms with Crippen LogP contribution in [-0.2, 0) is 10.9 Å². The molecular weight excluding hydrogens is 277 g/mol. The third kappa shape index (κ3) is 2.79. The van der Waals surface area contributed by atoms with E-state index in [1.165, 1.54) is 25.5 Å². The van der Waals surface area contributed by atoms with Gasteiger partial charge in [-0.3, -0.25) is 0 Å². The minimum Gasteiger partial charge on any atom is -0.472 e. The van der Waals surface area contributed by atoms with Gasteiger partial charge in [0.2, 0.25) is 0 Å². The van der Waals surface area contributed by atoms with Crippen molar-refractivity contribution >= 4 is 5.97 Å². The first-order valence-corrected chi connectivity index (χ1v) is 5.57. The van der Waals surface area contributed by atoms with Gasteiger partial charge in [0.25, 0.3) is 0 Å². The Hall–Kier alpha value is -2.38. The van der Waals surface area contributed by atoms with E-state index >= 15 is 0 Å². The van der Waals surface area contributed by atoms with E-state index in [0.717, 1.165) is 6.20 Å². The lowest BCUT2D eigenvalue weighted by molar-refractivity contribution is -0.141. The Kier molecular flexibility index (Phi) is 3.73. The average Bonchev–Trinajstić information content (AvgIpc) is 2.91. The number of rotatable bonds is 3. The molecule has 0 aromatic carbocycles. The molecule has 0 aliphatic rings. The number of esters is 1. The predicted octanol–water partition coefficient (Wildman–Crippen LogP) is 2.93. The summed E-state index contributed by atoms with van der Waals surface area (Å²) in [5, 5.41) is 0. The highest BCUT2D eigenvalue weighted by molar-refractivity contribution is 5.90. The van der Waals surface area contributed by atoms with E-state index < -0.39 is 23.4 Å². The molecule has 0 N–H and O–H groups in total. The van der Waals surface area contributed by atoms with Crippen LogP contribution in [0.3, 0.4) is 0 Å². The van der Waals surface area contributed by atoms with Crippen LogP contribution in [0.2, 0.25) is 0 Å². The molecule has 2 heterocycles. The van der Waals surface area contributed by atoms with E-state index in [4.69, 9.17) is 4.42 Å². The van der Waals surface area contributed by atoms with Gasteiger partial charge in [-0.25, -0.2) is 14.8 Å². The Bertz CT molecular complexity index is 609. The SMILES string of the molecule is CCOC(=O)c1cnc(-c2ccoc2)nc1C(F)(F)F. The molecule has 0 spiro atoms. The molecule has 5 nitrogen and oxygen atoms in total. The third-order valence-electron chi connectivity index (χ3n) is 2.33. The summed E-state index contributed by atoms with van der Waals surface area (Å²) in [5.74, 6) is -1.29. The molecule has 0 aliphatic heterocycles. The number of alkyl halides is 3. The van der Waals surface area contributed by atoms with Gasteiger partial charge in [0.1, 0.15) is 11.8 Å². The van der Waals surface area contributed by atoms with Crippen LogP contribution in [-0.4, -0.2) is 22.5 Å². The zero-order valence-electron chi connectivity index (χ0n) is 10.3. The molecular formula is C12H9F3N2O3. The van der Waals surface area contributed by atoms with Crippen LogP contribution in [0.15, 0.2) is 29.2 Å². The third-order valence-corrected chi connectivity index (χ3v) is 2.33. The fourth-order valence-corrected chi connectivity index (χ4v) is 1.49. The Labute approximate surface area is 111 Å². The van der Waals surface area contributed by atoms with E-state index in [1.807, 2.05) is 0 Å². The van der Waals surface area contributed by atoms with Crippen LogP contribution in [0.5, 0.6) is 0 Å². The number of nitrogens with zero attached hydrogens (tertiary/aromatic N) is 2. The molecule has 0 saturated heterocycles. The molecule has 8 heteroatoms. The van der Waals surface area contributed by atoms with Crippen LogP contribution >= 0.6 is 0 Å². The second-order valence-corrected chi connectivity index (χ2v) is 3.69. The molecule has 0 amide bonds. The molecule has 2 rings (SSSR count). The second kappa shape index (κ2) is 5.32. The molecule has 2 aromatic rings. The average molecular weight is 286 g/mol. The first-order valence-electron chi connectivity index (χ1n) is 5.57. The number of ether oxygens (including phenoxy) is 1. The standard InChI is InChI=1S/C12H9F3N2O3/c1-2-20-11(18)8-5-16-10(7-3-4-19-6-7)17-9(8)12(13,14)15/h3-6H,2H2,1H3. The highest BCUT2D eigenvalue weighted by Gasteiger charge is 2.38. The second-order valence-electron chi connectivity index (χ2n) is 3.69. The summed E-state index contributed by atoms with van der Waals surface area (Å²) in [6, 6.07) is 1.42. The topological polar surface area (TPSA) is 65.2 Å². The van der Waals surface area contributed by atoms with E-state index in [2.05, 4.69) is 14.7 Å². The Balaban J connectivity index is 2.52. The van der Waals surface area contributed by atoms with E-state index in [0.29, 0.717) is 0 Å². The van der Waals surface area contributed by atoms with E-state index in [9.17, 15) is 18.0 Å². The monoisotopic (exact) mass is 286 g/mol. The quantitative estimate of drug-likeness (QED) is 0.812. The highest BCUT2D eigenvalue weighted by atomic mass is 19.4. The number of furan rings is 1. The van der Waals surface area contributed by atoms with Crippen LogP contribution < -0.4 is 0 Å². The number of hydrogen-bond donors (Lipinski definition) is 0. The number of carbonyl (C=O) groups excluding carboxylic acids is 1. The summed E-state index contributed by atoms with van der Waals surface area (Å²) in [7, 11) is 0. The van der Waals surface area contributed by atoms with Crippen LogP contribution in [0.1, 0.15) is 23.0 Å². The van der Waals surface area contributed by atoms with Crippen molar-refractivity contribution in [3.63, 3.8) is 0 Å². The lowest BCUT2D eigenvalue weighted by Crippen LogP contribution is -2.18. The molecule has 2 aromatic heterocycles. The van der Waals surface area contributed by atoms with Gasteiger partial charge in [0.15, 0.2) is 11.5 Å². The molecule has 0 unspecified atom stereocenters. The van der Waals surface area contributed by atoms with Crippen LogP contribution in [0.25, 0.3) is 11.4 Å². The normalized spacial score (nSPS) is 11.4. The van der Waals surface area contributed by atoms with Crippen molar-refractivity contribution in [1.29, 1.82) is 0 Å². The summed E-state index contributed by atoms with van der Waals surface area (Å²) in [6.45, 7) is 1.45. The Morgan fingerprint density at radius 1 is 1.45 bits per heavy atom. The maximum absolute atomic E-state index is 12.9. The first kappa shape index (κ1) is 14.0. The fraction of sp³-hybridized carbons (Fsp3) is 0.250. The lowest BCUT2D eigenvalue weighted by Gasteiger charge is -2.11. The summed E-state index contributed by atoms with van der Waals surface area (Å²) in [6.07, 6.45) is -1.50. The maximum Gasteiger partial charge on any atom is 0.434 e. The van der Waals surface area contributed by atoms with Gasteiger partial charge >= 0.3 is 12.1 Å². The van der Waals surface area contributed by atoms with E-state index in [-0.39, 0.29) is 18.0 Å². The van der Waals surface area contributed by atoms with Crippen LogP contribution in [0, 0.1) is 0 Å². The van der Waals surface area contributed by atoms with Crippen molar-refractivity contribution in [3.05, 3.63) is 36.0 Å². The Morgan fingerprint density at radius 3 is 2.75 bits per heavy atom. The molecule has 106 valence electrons. The van der Waals surface area contributed by atoms with Crippen molar-refractivity contribution in [2.75, 3.05) is 6.61 Å². The van der Waals surface area contributed by atoms with Crippen molar-refractivity contribution in [2.24, 2.45) is 0 Å². The molecule has 20 heavy (non-hydrogen) atoms. The summed E-state index contributed by atoms with van der Waals surface area (Å²) < 4.78 is 48.2. The molecule has 0 atom stereocenters. The highest BCUT2D eigenvalue weighted by Crippen LogP contribution is 2.32. The van der Waals surface area contributed by atoms with E-state index in [1.54, 1.807) is 0 Å². The summed E-state index contributed by atoms with van der Waals surface area (Å²) in [5.41, 5.74) is -1.76. The summed E-state index contributed by atoms with van der Waals surface area (Å²) in [4.78, 5) is 18.6. The van der Waals surface area contributed by atoms with Crippen molar-refractivity contribution in [2.45, 2.75) is 13.1 Å². The van der Waals surface area contributed by atoms with Gasteiger partial charge < -0.3 is 9.15 Å². The number of hydrogen-bond acceptors (Lipinski definition) is 5. The largest absolute Gasteiger partial charge is 0.472 e. The van der Waals surface area contributed by atoms with Crippen molar-refractivity contribution in [3.8, 4) is 11.4 Å². The van der Waals surface area contributed by atoms with Gasteiger partial charge in [-0.05, 0) is 13.0 Å².